The molecule has 0 radical (unpaired) electrons. The molecule has 1 aromatic carbocycles. The number of fused-ring (bicyclic) bond motifs is 1. The zero-order valence-corrected chi connectivity index (χ0v) is 13.5. The summed E-state index contributed by atoms with van der Waals surface area (Å²) in [7, 11) is 0. The Balaban J connectivity index is 2.39. The van der Waals surface area contributed by atoms with Crippen LogP contribution in [-0.2, 0) is 0 Å². The summed E-state index contributed by atoms with van der Waals surface area (Å²) in [5.41, 5.74) is 1.45. The molecule has 2 aromatic rings. The molecule has 0 atom stereocenters. The number of rotatable bonds is 5. The van der Waals surface area contributed by atoms with Crippen LogP contribution in [0.25, 0.3) is 10.2 Å². The first-order valence-electron chi connectivity index (χ1n) is 6.17. The van der Waals surface area contributed by atoms with Crippen molar-refractivity contribution in [1.82, 2.24) is 4.98 Å². The quantitative estimate of drug-likeness (QED) is 0.666. The fourth-order valence-corrected chi connectivity index (χ4v) is 2.81. The Morgan fingerprint density at radius 1 is 1.50 bits per heavy atom. The van der Waals surface area contributed by atoms with Gasteiger partial charge in [0.05, 0.1) is 20.1 Å². The van der Waals surface area contributed by atoms with E-state index in [0.717, 1.165) is 15.2 Å². The maximum absolute atomic E-state index is 11.2. The van der Waals surface area contributed by atoms with Gasteiger partial charge in [0.2, 0.25) is 0 Å². The monoisotopic (exact) mass is 311 g/mol. The van der Waals surface area contributed by atoms with Gasteiger partial charge in [0.15, 0.2) is 0 Å². The van der Waals surface area contributed by atoms with Crippen molar-refractivity contribution in [3.05, 3.63) is 27.3 Å². The third-order valence-electron chi connectivity index (χ3n) is 3.07. The van der Waals surface area contributed by atoms with Crippen LogP contribution >= 0.6 is 23.1 Å². The van der Waals surface area contributed by atoms with E-state index >= 15 is 0 Å². The molecule has 1 heterocycles. The van der Waals surface area contributed by atoms with Gasteiger partial charge >= 0.3 is 0 Å². The van der Waals surface area contributed by atoms with Crippen LogP contribution in [0, 0.1) is 17.0 Å². The molecule has 0 aliphatic rings. The minimum atomic E-state index is -0.344. The van der Waals surface area contributed by atoms with E-state index in [0.29, 0.717) is 12.2 Å². The predicted octanol–water partition coefficient (Wildman–Crippen LogP) is 4.07. The Hall–Kier alpha value is -1.34. The van der Waals surface area contributed by atoms with E-state index in [-0.39, 0.29) is 15.4 Å². The van der Waals surface area contributed by atoms with Crippen molar-refractivity contribution in [3.63, 3.8) is 0 Å². The molecule has 0 spiro atoms. The number of thioether (sulfide) groups is 1. The number of benzene rings is 1. The Kier molecular flexibility index (Phi) is 4.19. The number of aromatic nitrogens is 1. The highest BCUT2D eigenvalue weighted by Gasteiger charge is 2.21. The molecule has 1 N–H and O–H groups in total. The third-order valence-corrected chi connectivity index (χ3v) is 5.25. The van der Waals surface area contributed by atoms with Crippen LogP contribution < -0.4 is 5.32 Å². The van der Waals surface area contributed by atoms with Gasteiger partial charge in [-0.2, -0.15) is 11.8 Å². The molecule has 1 aromatic heterocycles. The summed E-state index contributed by atoms with van der Waals surface area (Å²) in [5, 5.41) is 15.3. The second kappa shape index (κ2) is 5.57. The summed E-state index contributed by atoms with van der Waals surface area (Å²) in [6.07, 6.45) is 2.03. The second-order valence-electron chi connectivity index (χ2n) is 5.14. The Morgan fingerprint density at radius 2 is 2.20 bits per heavy atom. The van der Waals surface area contributed by atoms with Crippen molar-refractivity contribution in [2.45, 2.75) is 25.5 Å². The summed E-state index contributed by atoms with van der Waals surface area (Å²) in [6, 6.07) is 3.38. The van der Waals surface area contributed by atoms with E-state index in [9.17, 15) is 10.1 Å². The van der Waals surface area contributed by atoms with Crippen molar-refractivity contribution >= 4 is 44.7 Å². The molecule has 0 unspecified atom stereocenters. The molecule has 0 saturated carbocycles. The molecule has 7 heteroatoms. The molecule has 20 heavy (non-hydrogen) atoms. The molecular weight excluding hydrogens is 294 g/mol. The van der Waals surface area contributed by atoms with Gasteiger partial charge < -0.3 is 5.32 Å². The van der Waals surface area contributed by atoms with Gasteiger partial charge in [0.25, 0.3) is 5.69 Å². The number of nitro benzene ring substituents is 1. The molecule has 0 aliphatic heterocycles. The average Bonchev–Trinajstić information content (AvgIpc) is 2.74. The molecule has 0 fully saturated rings. The molecule has 0 aliphatic carbocycles. The van der Waals surface area contributed by atoms with Gasteiger partial charge in [-0.3, -0.25) is 10.1 Å². The normalized spacial score (nSPS) is 11.8. The average molecular weight is 311 g/mol. The van der Waals surface area contributed by atoms with Crippen LogP contribution in [0.3, 0.4) is 0 Å². The smallest absolute Gasteiger partial charge is 0.293 e. The summed E-state index contributed by atoms with van der Waals surface area (Å²) in [6.45, 7) is 6.76. The molecule has 5 nitrogen and oxygen atoms in total. The highest BCUT2D eigenvalue weighted by Crippen LogP contribution is 2.33. The first kappa shape index (κ1) is 15.1. The van der Waals surface area contributed by atoms with Gasteiger partial charge in [-0.25, -0.2) is 4.98 Å². The van der Waals surface area contributed by atoms with E-state index in [2.05, 4.69) is 24.1 Å². The zero-order valence-electron chi connectivity index (χ0n) is 11.9. The maximum atomic E-state index is 11.2. The summed E-state index contributed by atoms with van der Waals surface area (Å²) < 4.78 is 0.866. The first-order chi connectivity index (χ1) is 9.32. The lowest BCUT2D eigenvalue weighted by Crippen LogP contribution is -2.26. The Bertz CT molecular complexity index is 652. The summed E-state index contributed by atoms with van der Waals surface area (Å²) in [4.78, 5) is 15.3. The minimum absolute atomic E-state index is 0.0147. The van der Waals surface area contributed by atoms with E-state index in [1.807, 2.05) is 13.2 Å². The number of hydrogen-bond donors (Lipinski definition) is 1. The largest absolute Gasteiger partial charge is 0.378 e. The first-order valence-corrected chi connectivity index (χ1v) is 8.21. The number of nitrogens with zero attached hydrogens (tertiary/aromatic N) is 2. The van der Waals surface area contributed by atoms with Gasteiger partial charge in [-0.05, 0) is 33.1 Å². The Morgan fingerprint density at radius 3 is 2.80 bits per heavy atom. The molecule has 108 valence electrons. The van der Waals surface area contributed by atoms with Gasteiger partial charge in [0.1, 0.15) is 5.69 Å². The molecule has 0 saturated heterocycles. The zero-order chi connectivity index (χ0) is 14.9. The second-order valence-corrected chi connectivity index (χ2v) is 7.89. The van der Waals surface area contributed by atoms with Crippen molar-refractivity contribution < 1.29 is 4.92 Å². The minimum Gasteiger partial charge on any atom is -0.378 e. The topological polar surface area (TPSA) is 68.1 Å². The van der Waals surface area contributed by atoms with E-state index < -0.39 is 0 Å². The van der Waals surface area contributed by atoms with Crippen LogP contribution in [0.5, 0.6) is 0 Å². The number of anilines is 1. The molecule has 2 rings (SSSR count). The van der Waals surface area contributed by atoms with E-state index in [4.69, 9.17) is 0 Å². The summed E-state index contributed by atoms with van der Waals surface area (Å²) >= 11 is 3.20. The highest BCUT2D eigenvalue weighted by molar-refractivity contribution is 7.99. The molecule has 0 amide bonds. The number of nitrogens with one attached hydrogen (secondary N) is 1. The summed E-state index contributed by atoms with van der Waals surface area (Å²) in [5.74, 6) is 0. The van der Waals surface area contributed by atoms with Crippen LogP contribution in [0.1, 0.15) is 18.9 Å². The standard InChI is InChI=1S/C13H17N3O2S2/c1-8-15-10-5-9(14-7-13(2,3)19-4)11(16(17)18)6-12(10)20-8/h5-6,14H,7H2,1-4H3. The SMILES string of the molecule is CSC(C)(C)CNc1cc2nc(C)sc2cc1[N+](=O)[O-]. The number of nitro groups is 1. The molecule has 0 bridgehead atoms. The number of aryl methyl sites for hydroxylation is 1. The van der Waals surface area contributed by atoms with E-state index in [1.165, 1.54) is 11.3 Å². The lowest BCUT2D eigenvalue weighted by atomic mass is 10.2. The van der Waals surface area contributed by atoms with Crippen molar-refractivity contribution in [3.8, 4) is 0 Å². The van der Waals surface area contributed by atoms with Crippen LogP contribution in [0.4, 0.5) is 11.4 Å². The van der Waals surface area contributed by atoms with Gasteiger partial charge in [0, 0.05) is 17.4 Å². The maximum Gasteiger partial charge on any atom is 0.293 e. The fourth-order valence-electron chi connectivity index (χ4n) is 1.75. The van der Waals surface area contributed by atoms with Crippen LogP contribution in [-0.4, -0.2) is 27.5 Å². The lowest BCUT2D eigenvalue weighted by molar-refractivity contribution is -0.383. The third kappa shape index (κ3) is 3.21. The van der Waals surface area contributed by atoms with Crippen LogP contribution in [0.15, 0.2) is 12.1 Å². The van der Waals surface area contributed by atoms with E-state index in [1.54, 1.807) is 23.9 Å². The van der Waals surface area contributed by atoms with Crippen molar-refractivity contribution in [2.75, 3.05) is 18.1 Å². The fraction of sp³-hybridized carbons (Fsp3) is 0.462. The highest BCUT2D eigenvalue weighted by atomic mass is 32.2. The van der Waals surface area contributed by atoms with Crippen LogP contribution in [0.2, 0.25) is 0 Å². The predicted molar refractivity (Wildman–Crippen MR) is 87.1 cm³/mol. The number of thiazole rings is 1. The molecular formula is C13H17N3O2S2. The van der Waals surface area contributed by atoms with Gasteiger partial charge in [-0.1, -0.05) is 0 Å². The lowest BCUT2D eigenvalue weighted by Gasteiger charge is -2.22. The van der Waals surface area contributed by atoms with Crippen molar-refractivity contribution in [2.24, 2.45) is 0 Å². The van der Waals surface area contributed by atoms with Gasteiger partial charge in [-0.15, -0.1) is 11.3 Å². The van der Waals surface area contributed by atoms with Crippen molar-refractivity contribution in [1.29, 1.82) is 0 Å². The number of hydrogen-bond acceptors (Lipinski definition) is 6. The Labute approximate surface area is 125 Å².